The number of H-pyrrole nitrogens is 1. The fourth-order valence-electron chi connectivity index (χ4n) is 2.91. The zero-order valence-corrected chi connectivity index (χ0v) is 14.3. The van der Waals surface area contributed by atoms with E-state index >= 15 is 0 Å². The molecule has 7 heteroatoms. The lowest BCUT2D eigenvalue weighted by atomic mass is 10.1. The number of carbonyl (C=O) groups is 1. The molecule has 0 bridgehead atoms. The van der Waals surface area contributed by atoms with E-state index in [-0.39, 0.29) is 5.91 Å². The molecule has 7 nitrogen and oxygen atoms in total. The molecule has 2 N–H and O–H groups in total. The number of para-hydroxylation sites is 2. The van der Waals surface area contributed by atoms with Gasteiger partial charge in [0.05, 0.1) is 35.8 Å². The number of imidazole rings is 1. The van der Waals surface area contributed by atoms with Gasteiger partial charge in [-0.2, -0.15) is 10.4 Å². The van der Waals surface area contributed by atoms with E-state index < -0.39 is 0 Å². The predicted molar refractivity (Wildman–Crippen MR) is 95.0 cm³/mol. The molecule has 0 unspecified atom stereocenters. The van der Waals surface area contributed by atoms with E-state index in [4.69, 9.17) is 5.26 Å². The second kappa shape index (κ2) is 7.18. The van der Waals surface area contributed by atoms with Gasteiger partial charge < -0.3 is 4.98 Å². The molecule has 2 aromatic heterocycles. The van der Waals surface area contributed by atoms with Crippen LogP contribution in [0.25, 0.3) is 11.0 Å². The highest BCUT2D eigenvalue weighted by molar-refractivity contribution is 5.91. The molecule has 3 aromatic rings. The fraction of sp³-hybridized carbons (Fsp3) is 0.333. The van der Waals surface area contributed by atoms with E-state index in [9.17, 15) is 4.79 Å². The molecule has 0 radical (unpaired) electrons. The van der Waals surface area contributed by atoms with Crippen LogP contribution in [-0.4, -0.2) is 25.7 Å². The molecule has 2 heterocycles. The number of nitriles is 1. The minimum Gasteiger partial charge on any atom is -0.324 e. The molecule has 0 fully saturated rings. The first-order chi connectivity index (χ1) is 12.1. The molecule has 0 saturated heterocycles. The van der Waals surface area contributed by atoms with Crippen LogP contribution in [-0.2, 0) is 17.8 Å². The number of aryl methyl sites for hydroxylation is 2. The van der Waals surface area contributed by atoms with Gasteiger partial charge in [-0.05, 0) is 38.0 Å². The Morgan fingerprint density at radius 3 is 2.92 bits per heavy atom. The number of benzene rings is 1. The maximum absolute atomic E-state index is 12.2. The third-order valence-electron chi connectivity index (χ3n) is 4.22. The molecule has 0 aliphatic heterocycles. The first-order valence-corrected chi connectivity index (χ1v) is 8.23. The molecule has 0 atom stereocenters. The molecule has 1 amide bonds. The third kappa shape index (κ3) is 3.69. The van der Waals surface area contributed by atoms with Gasteiger partial charge in [-0.25, -0.2) is 4.98 Å². The minimum absolute atomic E-state index is 0.0948. The smallest absolute Gasteiger partial charge is 0.227 e. The lowest BCUT2D eigenvalue weighted by Crippen LogP contribution is -2.13. The number of amides is 1. The number of fused-ring (bicyclic) bond motifs is 1. The number of nitrogens with zero attached hydrogens (tertiary/aromatic N) is 4. The molecule has 25 heavy (non-hydrogen) atoms. The zero-order chi connectivity index (χ0) is 17.8. The van der Waals surface area contributed by atoms with Crippen molar-refractivity contribution in [1.29, 1.82) is 5.26 Å². The Balaban J connectivity index is 1.62. The van der Waals surface area contributed by atoms with E-state index in [1.807, 2.05) is 42.8 Å². The van der Waals surface area contributed by atoms with Gasteiger partial charge in [0.1, 0.15) is 0 Å². The van der Waals surface area contributed by atoms with Gasteiger partial charge in [-0.3, -0.25) is 14.8 Å². The van der Waals surface area contributed by atoms with Crippen LogP contribution in [0.4, 0.5) is 5.95 Å². The first kappa shape index (κ1) is 16.7. The van der Waals surface area contributed by atoms with Crippen molar-refractivity contribution in [2.75, 3.05) is 5.32 Å². The molecule has 128 valence electrons. The summed E-state index contributed by atoms with van der Waals surface area (Å²) in [5.41, 5.74) is 4.71. The van der Waals surface area contributed by atoms with Crippen LogP contribution in [0, 0.1) is 25.2 Å². The standard InChI is InChI=1S/C18H20N6O/c1-12-14(13(2)24(23-12)11-5-10-19)8-9-17(25)22-18-20-15-6-3-4-7-16(15)21-18/h3-4,6-7H,5,8-9,11H2,1-2H3,(H2,20,21,22,25). The number of anilines is 1. The summed E-state index contributed by atoms with van der Waals surface area (Å²) in [6.45, 7) is 4.49. The van der Waals surface area contributed by atoms with Crippen LogP contribution in [0.15, 0.2) is 24.3 Å². The first-order valence-electron chi connectivity index (χ1n) is 8.23. The van der Waals surface area contributed by atoms with Crippen LogP contribution >= 0.6 is 0 Å². The molecule has 0 saturated carbocycles. The van der Waals surface area contributed by atoms with Crippen molar-refractivity contribution in [1.82, 2.24) is 19.7 Å². The van der Waals surface area contributed by atoms with Crippen LogP contribution in [0.1, 0.15) is 29.8 Å². The Morgan fingerprint density at radius 1 is 1.36 bits per heavy atom. The van der Waals surface area contributed by atoms with E-state index in [2.05, 4.69) is 26.5 Å². The average Bonchev–Trinajstić information content (AvgIpc) is 3.11. The Bertz CT molecular complexity index is 913. The topological polar surface area (TPSA) is 99.4 Å². The normalized spacial score (nSPS) is 10.8. The average molecular weight is 336 g/mol. The van der Waals surface area contributed by atoms with Crippen molar-refractivity contribution in [3.8, 4) is 6.07 Å². The van der Waals surface area contributed by atoms with E-state index in [0.29, 0.717) is 31.8 Å². The fourth-order valence-corrected chi connectivity index (χ4v) is 2.91. The van der Waals surface area contributed by atoms with Crippen LogP contribution in [0.5, 0.6) is 0 Å². The van der Waals surface area contributed by atoms with Crippen molar-refractivity contribution < 1.29 is 4.79 Å². The highest BCUT2D eigenvalue weighted by Gasteiger charge is 2.14. The summed E-state index contributed by atoms with van der Waals surface area (Å²) < 4.78 is 1.84. The molecule has 3 rings (SSSR count). The SMILES string of the molecule is Cc1nn(CCC#N)c(C)c1CCC(=O)Nc1nc2ccccc2[nH]1. The van der Waals surface area contributed by atoms with Crippen molar-refractivity contribution in [2.24, 2.45) is 0 Å². The number of aromatic nitrogens is 4. The van der Waals surface area contributed by atoms with Gasteiger partial charge in [-0.1, -0.05) is 12.1 Å². The zero-order valence-electron chi connectivity index (χ0n) is 14.3. The number of hydrogen-bond donors (Lipinski definition) is 2. The third-order valence-corrected chi connectivity index (χ3v) is 4.22. The van der Waals surface area contributed by atoms with E-state index in [1.165, 1.54) is 0 Å². The Labute approximate surface area is 145 Å². The van der Waals surface area contributed by atoms with Crippen molar-refractivity contribution in [2.45, 2.75) is 39.7 Å². The Morgan fingerprint density at radius 2 is 2.16 bits per heavy atom. The lowest BCUT2D eigenvalue weighted by Gasteiger charge is -2.04. The summed E-state index contributed by atoms with van der Waals surface area (Å²) in [5, 5.41) is 16.0. The molecule has 1 aromatic carbocycles. The van der Waals surface area contributed by atoms with Gasteiger partial charge in [-0.15, -0.1) is 0 Å². The number of carbonyl (C=O) groups excluding carboxylic acids is 1. The van der Waals surface area contributed by atoms with Crippen molar-refractivity contribution >= 4 is 22.9 Å². The predicted octanol–water partition coefficient (Wildman–Crippen LogP) is 2.86. The monoisotopic (exact) mass is 336 g/mol. The van der Waals surface area contributed by atoms with Gasteiger partial charge in [0.2, 0.25) is 11.9 Å². The maximum atomic E-state index is 12.2. The Kier molecular flexibility index (Phi) is 4.80. The van der Waals surface area contributed by atoms with Crippen molar-refractivity contribution in [3.05, 3.63) is 41.2 Å². The van der Waals surface area contributed by atoms with E-state index in [1.54, 1.807) is 0 Å². The van der Waals surface area contributed by atoms with Gasteiger partial charge in [0, 0.05) is 12.1 Å². The largest absolute Gasteiger partial charge is 0.324 e. The lowest BCUT2D eigenvalue weighted by molar-refractivity contribution is -0.116. The summed E-state index contributed by atoms with van der Waals surface area (Å²) in [6, 6.07) is 9.76. The van der Waals surface area contributed by atoms with Crippen LogP contribution in [0.2, 0.25) is 0 Å². The number of rotatable bonds is 6. The van der Waals surface area contributed by atoms with Gasteiger partial charge in [0.15, 0.2) is 0 Å². The number of aromatic amines is 1. The summed E-state index contributed by atoms with van der Waals surface area (Å²) in [6.07, 6.45) is 1.38. The maximum Gasteiger partial charge on any atom is 0.227 e. The van der Waals surface area contributed by atoms with Gasteiger partial charge >= 0.3 is 0 Å². The van der Waals surface area contributed by atoms with Crippen LogP contribution < -0.4 is 5.32 Å². The molecule has 0 aliphatic carbocycles. The summed E-state index contributed by atoms with van der Waals surface area (Å²) in [7, 11) is 0. The molecular formula is C18H20N6O. The second-order valence-corrected chi connectivity index (χ2v) is 5.93. The summed E-state index contributed by atoms with van der Waals surface area (Å²) >= 11 is 0. The number of nitrogens with one attached hydrogen (secondary N) is 2. The van der Waals surface area contributed by atoms with E-state index in [0.717, 1.165) is 28.0 Å². The molecular weight excluding hydrogens is 316 g/mol. The van der Waals surface area contributed by atoms with Crippen LogP contribution in [0.3, 0.4) is 0 Å². The van der Waals surface area contributed by atoms with Crippen molar-refractivity contribution in [3.63, 3.8) is 0 Å². The second-order valence-electron chi connectivity index (χ2n) is 5.93. The molecule has 0 aliphatic rings. The summed E-state index contributed by atoms with van der Waals surface area (Å²) in [5.74, 6) is 0.368. The quantitative estimate of drug-likeness (QED) is 0.723. The molecule has 0 spiro atoms. The number of hydrogen-bond acceptors (Lipinski definition) is 4. The highest BCUT2D eigenvalue weighted by atomic mass is 16.1. The Hall–Kier alpha value is -3.14. The van der Waals surface area contributed by atoms with Gasteiger partial charge in [0.25, 0.3) is 0 Å². The minimum atomic E-state index is -0.0948. The summed E-state index contributed by atoms with van der Waals surface area (Å²) in [4.78, 5) is 19.7. The highest BCUT2D eigenvalue weighted by Crippen LogP contribution is 2.17.